The summed E-state index contributed by atoms with van der Waals surface area (Å²) in [6, 6.07) is 11.5. The third-order valence-corrected chi connectivity index (χ3v) is 12.7. The van der Waals surface area contributed by atoms with E-state index in [9.17, 15) is 14.4 Å². The number of nitrogens with two attached hydrogens (primary N) is 2. The highest BCUT2D eigenvalue weighted by Crippen LogP contribution is 2.34. The molecule has 11 nitrogen and oxygen atoms in total. The van der Waals surface area contributed by atoms with Crippen LogP contribution >= 0.6 is 9.24 Å². The van der Waals surface area contributed by atoms with Crippen LogP contribution in [0.25, 0.3) is 0 Å². The largest absolute Gasteiger partial charge is 0.455 e. The van der Waals surface area contributed by atoms with Crippen LogP contribution in [0.15, 0.2) is 35.3 Å². The molecule has 5 N–H and O–H groups in total. The number of carbonyl (C=O) groups excluding carboxylic acids is 3. The summed E-state index contributed by atoms with van der Waals surface area (Å²) in [5.41, 5.74) is 12.3. The average Bonchev–Trinajstić information content (AvgIpc) is 3.53. The first-order valence-corrected chi connectivity index (χ1v) is 19.6. The SMILES string of the molecule is C[C@@H]1N=C(N2CCN(C(=O)[C@@H](CC3CCN(C4CCC(C(N)=O)CC4)CC3)NC3CCC(C(N)=O)CC3)[C@H](CP)C2)O[C@H]1c1ccccc1. The van der Waals surface area contributed by atoms with Crippen molar-refractivity contribution in [3.63, 3.8) is 0 Å². The van der Waals surface area contributed by atoms with Gasteiger partial charge in [-0.25, -0.2) is 4.99 Å². The van der Waals surface area contributed by atoms with Gasteiger partial charge in [0, 0.05) is 43.6 Å². The summed E-state index contributed by atoms with van der Waals surface area (Å²) in [5.74, 6) is 0.277. The monoisotopic (exact) mass is 695 g/mol. The predicted octanol–water partition coefficient (Wildman–Crippen LogP) is 3.04. The second-order valence-electron chi connectivity index (χ2n) is 15.3. The average molecular weight is 696 g/mol. The Hall–Kier alpha value is -2.75. The van der Waals surface area contributed by atoms with E-state index in [4.69, 9.17) is 21.2 Å². The lowest BCUT2D eigenvalue weighted by Crippen LogP contribution is -2.61. The molecule has 1 aromatic carbocycles. The Morgan fingerprint density at radius 3 is 2.14 bits per heavy atom. The highest BCUT2D eigenvalue weighted by Gasteiger charge is 2.40. The number of aliphatic imine (C=N–C) groups is 1. The number of likely N-dealkylation sites (tertiary alicyclic amines) is 1. The number of piperidine rings is 1. The standard InChI is InChI=1S/C37H58N7O4P/c1-24-33(26-5-3-2-4-6-26)48-37(40-24)43-19-20-44(31(22-43)23-49)36(47)32(41-29-11-7-27(8-12-29)34(38)45)21-25-15-17-42(18-16-25)30-13-9-28(10-14-30)35(39)46/h2-6,24-25,27-33,41H,7-23,49H2,1H3,(H2,38,45)(H2,39,46)/t24-,27?,28?,29?,30?,31-,32+,33+/m0/s1. The van der Waals surface area contributed by atoms with Crippen molar-refractivity contribution in [2.45, 2.75) is 114 Å². The van der Waals surface area contributed by atoms with Gasteiger partial charge >= 0.3 is 0 Å². The first kappa shape index (κ1) is 36.1. The summed E-state index contributed by atoms with van der Waals surface area (Å²) in [5, 5.41) is 3.82. The quantitative estimate of drug-likeness (QED) is 0.319. The minimum Gasteiger partial charge on any atom is -0.455 e. The van der Waals surface area contributed by atoms with Gasteiger partial charge in [-0.3, -0.25) is 14.4 Å². The van der Waals surface area contributed by atoms with E-state index < -0.39 is 0 Å². The molecule has 0 radical (unpaired) electrons. The van der Waals surface area contributed by atoms with E-state index >= 15 is 0 Å². The molecule has 2 aliphatic carbocycles. The number of piperazine rings is 1. The smallest absolute Gasteiger partial charge is 0.288 e. The molecule has 49 heavy (non-hydrogen) atoms. The number of carbonyl (C=O) groups is 3. The molecule has 0 aromatic heterocycles. The van der Waals surface area contributed by atoms with Crippen LogP contribution in [0, 0.1) is 17.8 Å². The Kier molecular flexibility index (Phi) is 12.2. The normalized spacial score (nSPS) is 32.3. The number of hydrogen-bond donors (Lipinski definition) is 3. The first-order chi connectivity index (χ1) is 23.7. The van der Waals surface area contributed by atoms with Crippen LogP contribution < -0.4 is 16.8 Å². The summed E-state index contributed by atoms with van der Waals surface area (Å²) in [7, 11) is 2.87. The van der Waals surface area contributed by atoms with Gasteiger partial charge in [0.25, 0.3) is 6.02 Å². The van der Waals surface area contributed by atoms with E-state index in [0.717, 1.165) is 95.4 Å². The number of benzene rings is 1. The van der Waals surface area contributed by atoms with E-state index in [2.05, 4.69) is 48.3 Å². The number of amidine groups is 1. The van der Waals surface area contributed by atoms with E-state index in [1.165, 1.54) is 0 Å². The zero-order chi connectivity index (χ0) is 34.5. The highest BCUT2D eigenvalue weighted by atomic mass is 31.0. The Balaban J connectivity index is 1.08. The van der Waals surface area contributed by atoms with E-state index in [-0.39, 0.29) is 59.8 Å². The fourth-order valence-electron chi connectivity index (χ4n) is 9.03. The van der Waals surface area contributed by atoms with Crippen LogP contribution in [0.1, 0.15) is 89.2 Å². The summed E-state index contributed by atoms with van der Waals surface area (Å²) in [4.78, 5) is 49.9. The molecule has 0 bridgehead atoms. The van der Waals surface area contributed by atoms with Crippen LogP contribution in [0.4, 0.5) is 0 Å². The zero-order valence-electron chi connectivity index (χ0n) is 29.3. The van der Waals surface area contributed by atoms with Crippen molar-refractivity contribution in [2.24, 2.45) is 34.2 Å². The van der Waals surface area contributed by atoms with Crippen molar-refractivity contribution in [3.05, 3.63) is 35.9 Å². The molecule has 3 heterocycles. The van der Waals surface area contributed by atoms with E-state index in [0.29, 0.717) is 37.6 Å². The van der Waals surface area contributed by atoms with Gasteiger partial charge < -0.3 is 36.2 Å². The summed E-state index contributed by atoms with van der Waals surface area (Å²) in [6.07, 6.45) is 10.8. The molecule has 12 heteroatoms. The first-order valence-electron chi connectivity index (χ1n) is 18.8. The van der Waals surface area contributed by atoms with Crippen LogP contribution in [-0.2, 0) is 19.1 Å². The summed E-state index contributed by atoms with van der Waals surface area (Å²) < 4.78 is 6.43. The van der Waals surface area contributed by atoms with Gasteiger partial charge in [0.2, 0.25) is 17.7 Å². The second kappa shape index (κ2) is 16.5. The van der Waals surface area contributed by atoms with Crippen molar-refractivity contribution in [1.82, 2.24) is 20.0 Å². The van der Waals surface area contributed by atoms with E-state index in [1.807, 2.05) is 18.2 Å². The Labute approximate surface area is 294 Å². The van der Waals surface area contributed by atoms with Gasteiger partial charge in [-0.15, -0.1) is 9.24 Å². The highest BCUT2D eigenvalue weighted by molar-refractivity contribution is 7.16. The fourth-order valence-corrected chi connectivity index (χ4v) is 9.44. The Morgan fingerprint density at radius 2 is 1.53 bits per heavy atom. The minimum atomic E-state index is -0.258. The molecule has 3 aliphatic heterocycles. The third kappa shape index (κ3) is 8.77. The van der Waals surface area contributed by atoms with Crippen LogP contribution in [0.5, 0.6) is 0 Å². The summed E-state index contributed by atoms with van der Waals surface area (Å²) in [6.45, 7) is 6.19. The van der Waals surface area contributed by atoms with Gasteiger partial charge in [0.05, 0.1) is 18.1 Å². The molecular formula is C37H58N7O4P. The molecule has 3 amide bonds. The molecule has 6 rings (SSSR count). The number of primary amides is 2. The molecule has 5 atom stereocenters. The van der Waals surface area contributed by atoms with Crippen molar-refractivity contribution in [2.75, 3.05) is 38.9 Å². The lowest BCUT2D eigenvalue weighted by atomic mass is 9.82. The maximum atomic E-state index is 14.6. The molecule has 5 aliphatic rings. The Morgan fingerprint density at radius 1 is 0.898 bits per heavy atom. The minimum absolute atomic E-state index is 0.0290. The number of nitrogens with one attached hydrogen (secondary N) is 1. The van der Waals surface area contributed by atoms with Gasteiger partial charge in [-0.05, 0) is 108 Å². The molecule has 270 valence electrons. The maximum Gasteiger partial charge on any atom is 0.288 e. The molecule has 2 saturated carbocycles. The number of hydrogen-bond acceptors (Lipinski definition) is 8. The van der Waals surface area contributed by atoms with E-state index in [1.54, 1.807) is 0 Å². The van der Waals surface area contributed by atoms with Gasteiger partial charge in [0.1, 0.15) is 6.10 Å². The van der Waals surface area contributed by atoms with Crippen molar-refractivity contribution in [1.29, 1.82) is 0 Å². The van der Waals surface area contributed by atoms with Gasteiger partial charge in [0.15, 0.2) is 0 Å². The number of amides is 3. The maximum absolute atomic E-state index is 14.6. The molecule has 1 unspecified atom stereocenters. The van der Waals surface area contributed by atoms with Crippen molar-refractivity contribution >= 4 is 33.0 Å². The predicted molar refractivity (Wildman–Crippen MR) is 195 cm³/mol. The van der Waals surface area contributed by atoms with Crippen LogP contribution in [0.3, 0.4) is 0 Å². The number of rotatable bonds is 10. The van der Waals surface area contributed by atoms with Gasteiger partial charge in [-0.2, -0.15) is 0 Å². The molecule has 2 saturated heterocycles. The topological polar surface area (TPSA) is 147 Å². The summed E-state index contributed by atoms with van der Waals surface area (Å²) >= 11 is 0. The van der Waals surface area contributed by atoms with Crippen LogP contribution in [0.2, 0.25) is 0 Å². The third-order valence-electron chi connectivity index (χ3n) is 12.1. The van der Waals surface area contributed by atoms with Gasteiger partial charge in [-0.1, -0.05) is 30.3 Å². The Bertz CT molecular complexity index is 1310. The molecular weight excluding hydrogens is 637 g/mol. The fraction of sp³-hybridized carbons (Fsp3) is 0.730. The second-order valence-corrected chi connectivity index (χ2v) is 15.7. The lowest BCUT2D eigenvalue weighted by Gasteiger charge is -2.44. The van der Waals surface area contributed by atoms with Crippen LogP contribution in [-0.4, -0.2) is 108 Å². The number of ether oxygens (including phenoxy) is 1. The lowest BCUT2D eigenvalue weighted by molar-refractivity contribution is -0.138. The number of nitrogens with zero attached hydrogens (tertiary/aromatic N) is 4. The zero-order valence-corrected chi connectivity index (χ0v) is 30.4. The molecule has 4 fully saturated rings. The molecule has 0 spiro atoms. The van der Waals surface area contributed by atoms with Crippen molar-refractivity contribution in [3.8, 4) is 0 Å². The molecule has 1 aromatic rings. The van der Waals surface area contributed by atoms with Crippen molar-refractivity contribution < 1.29 is 19.1 Å².